The number of hydrogen-bond acceptors (Lipinski definition) is 12. The summed E-state index contributed by atoms with van der Waals surface area (Å²) < 4.78 is 52.4. The number of aliphatic hydroxyl groups is 1. The van der Waals surface area contributed by atoms with Crippen LogP contribution in [0, 0.1) is 11.6 Å². The summed E-state index contributed by atoms with van der Waals surface area (Å²) in [6.07, 6.45) is 1.31. The first-order valence-electron chi connectivity index (χ1n) is 16.5. The maximum atomic E-state index is 15.9. The number of nitrogens with one attached hydrogen (secondary N) is 3. The number of hydrogen-bond donors (Lipinski definition) is 5. The second-order valence-corrected chi connectivity index (χ2v) is 12.3. The molecule has 0 spiro atoms. The molecule has 0 unspecified atom stereocenters. The van der Waals surface area contributed by atoms with Gasteiger partial charge < -0.3 is 29.7 Å². The van der Waals surface area contributed by atoms with Crippen LogP contribution in [0.25, 0.3) is 22.2 Å². The minimum atomic E-state index is -1.23. The van der Waals surface area contributed by atoms with Crippen LogP contribution in [0.4, 0.5) is 14.6 Å². The van der Waals surface area contributed by atoms with Gasteiger partial charge in [-0.15, -0.1) is 0 Å². The number of aromatic amines is 1. The van der Waals surface area contributed by atoms with E-state index in [2.05, 4.69) is 30.9 Å². The van der Waals surface area contributed by atoms with Crippen molar-refractivity contribution in [2.75, 3.05) is 25.1 Å². The molecule has 0 saturated heterocycles. The number of anilines is 1. The number of nitrogens with zero attached hydrogens (tertiary/aromatic N) is 3. The van der Waals surface area contributed by atoms with E-state index in [4.69, 9.17) is 30.4 Å². The highest BCUT2D eigenvalue weighted by Crippen LogP contribution is 2.35. The highest BCUT2D eigenvalue weighted by Gasteiger charge is 2.19. The van der Waals surface area contributed by atoms with Gasteiger partial charge in [-0.2, -0.15) is 4.98 Å². The number of ether oxygens (including phenoxy) is 3. The van der Waals surface area contributed by atoms with Crippen molar-refractivity contribution in [3.8, 4) is 28.4 Å². The van der Waals surface area contributed by atoms with E-state index in [0.717, 1.165) is 11.8 Å². The van der Waals surface area contributed by atoms with Gasteiger partial charge in [0, 0.05) is 35.8 Å². The lowest BCUT2D eigenvalue weighted by Crippen LogP contribution is -2.39. The molecule has 0 aliphatic carbocycles. The third-order valence-corrected chi connectivity index (χ3v) is 8.41. The first kappa shape index (κ1) is 37.7. The molecule has 1 atom stereocenters. The Hall–Kier alpha value is -6.10. The fraction of sp³-hybridized carbons (Fsp3) is 0.216. The first-order valence-corrected chi connectivity index (χ1v) is 16.9. The van der Waals surface area contributed by atoms with E-state index in [0.29, 0.717) is 52.2 Å². The van der Waals surface area contributed by atoms with Gasteiger partial charge in [-0.1, -0.05) is 48.0 Å². The number of H-pyrrole nitrogens is 1. The molecule has 4 aromatic carbocycles. The first-order chi connectivity index (χ1) is 26.2. The van der Waals surface area contributed by atoms with Crippen molar-refractivity contribution in [3.05, 3.63) is 123 Å². The van der Waals surface area contributed by atoms with Crippen molar-refractivity contribution in [3.63, 3.8) is 0 Å². The molecule has 54 heavy (non-hydrogen) atoms. The number of benzene rings is 4. The molecule has 0 fully saturated rings. The van der Waals surface area contributed by atoms with E-state index in [-0.39, 0.29) is 48.5 Å². The summed E-state index contributed by atoms with van der Waals surface area (Å²) in [5.41, 5.74) is 2.81. The van der Waals surface area contributed by atoms with E-state index in [1.54, 1.807) is 66.7 Å². The van der Waals surface area contributed by atoms with Crippen LogP contribution in [0.5, 0.6) is 17.2 Å². The Balaban J connectivity index is 1.13. The lowest BCUT2D eigenvalue weighted by atomic mass is 10.0. The summed E-state index contributed by atoms with van der Waals surface area (Å²) in [6, 6.07) is 19.0. The van der Waals surface area contributed by atoms with Gasteiger partial charge in [0.1, 0.15) is 59.2 Å². The van der Waals surface area contributed by atoms with Crippen LogP contribution in [0.1, 0.15) is 23.1 Å². The summed E-state index contributed by atoms with van der Waals surface area (Å²) in [7, 11) is 0. The lowest BCUT2D eigenvalue weighted by Gasteiger charge is -2.18. The molecule has 0 aliphatic rings. The summed E-state index contributed by atoms with van der Waals surface area (Å²) in [6.45, 7) is -0.164. The van der Waals surface area contributed by atoms with Gasteiger partial charge in [0.05, 0.1) is 24.4 Å². The topological polar surface area (TPSA) is 194 Å². The quantitative estimate of drug-likeness (QED) is 0.0692. The fourth-order valence-corrected chi connectivity index (χ4v) is 5.55. The lowest BCUT2D eigenvalue weighted by molar-refractivity contribution is -0.140. The SMILES string of the molecule is O=C(O)[C@@H](CO)NCc1cc(Cl)c(OCc2cccc(-c3cccc(OCCCNc4[nH]c(=O)ncc4F)c3)c2F)cc1OCc1ccc2nonc2c1. The second-order valence-electron chi connectivity index (χ2n) is 11.9. The Bertz CT molecular complexity index is 2310. The number of aromatic nitrogens is 4. The zero-order valence-corrected chi connectivity index (χ0v) is 29.1. The third kappa shape index (κ3) is 9.46. The van der Waals surface area contributed by atoms with Crippen molar-refractivity contribution in [1.82, 2.24) is 25.6 Å². The average Bonchev–Trinajstić information content (AvgIpc) is 3.64. The van der Waals surface area contributed by atoms with Crippen LogP contribution in [0.15, 0.2) is 88.4 Å². The molecule has 5 N–H and O–H groups in total. The molecule has 2 heterocycles. The summed E-state index contributed by atoms with van der Waals surface area (Å²) in [4.78, 5) is 28.4. The summed E-state index contributed by atoms with van der Waals surface area (Å²) >= 11 is 6.59. The molecule has 6 aromatic rings. The van der Waals surface area contributed by atoms with E-state index in [9.17, 15) is 24.2 Å². The molecule has 0 radical (unpaired) electrons. The Kier molecular flexibility index (Phi) is 12.3. The summed E-state index contributed by atoms with van der Waals surface area (Å²) in [5, 5.41) is 32.2. The standard InChI is InChI=1S/C37H33ClF2N6O8/c38-27-14-24(16-42-31(18-47)36(48)49)32(52-19-21-8-9-29-30(12-21)46-54-45-29)15-33(27)53-20-23-5-2-7-26(34(23)40)22-4-1-6-25(13-22)51-11-3-10-41-35-28(39)17-43-37(50)44-35/h1-2,4-9,12-15,17,31,42,47H,3,10-11,16,18-20H2,(H,48,49)(H2,41,43,44,50)/t31-/m1/s1. The zero-order valence-electron chi connectivity index (χ0n) is 28.4. The number of halogens is 3. The molecule has 0 aliphatic heterocycles. The molecule has 17 heteroatoms. The number of carboxylic acid groups (broad SMARTS) is 1. The van der Waals surface area contributed by atoms with Crippen LogP contribution in [0.2, 0.25) is 5.02 Å². The molecule has 6 rings (SSSR count). The van der Waals surface area contributed by atoms with Gasteiger partial charge in [-0.05, 0) is 58.2 Å². The number of carbonyl (C=O) groups is 1. The molecule has 0 saturated carbocycles. The fourth-order valence-electron chi connectivity index (χ4n) is 5.31. The van der Waals surface area contributed by atoms with E-state index in [1.165, 1.54) is 6.07 Å². The predicted octanol–water partition coefficient (Wildman–Crippen LogP) is 5.48. The van der Waals surface area contributed by atoms with Crippen molar-refractivity contribution < 1.29 is 42.6 Å². The van der Waals surface area contributed by atoms with Crippen LogP contribution >= 0.6 is 11.6 Å². The monoisotopic (exact) mass is 762 g/mol. The third-order valence-electron chi connectivity index (χ3n) is 8.11. The number of carboxylic acids is 1. The molecular formula is C37H33ClF2N6O8. The maximum Gasteiger partial charge on any atom is 0.346 e. The van der Waals surface area contributed by atoms with Gasteiger partial charge in [-0.25, -0.2) is 18.2 Å². The molecule has 0 amide bonds. The molecule has 280 valence electrons. The molecular weight excluding hydrogens is 730 g/mol. The zero-order chi connectivity index (χ0) is 38.0. The van der Waals surface area contributed by atoms with Crippen molar-refractivity contribution in [2.24, 2.45) is 0 Å². The van der Waals surface area contributed by atoms with Crippen LogP contribution in [-0.4, -0.2) is 62.3 Å². The number of rotatable bonds is 18. The number of fused-ring (bicyclic) bond motifs is 1. The Morgan fingerprint density at radius 2 is 1.76 bits per heavy atom. The molecule has 14 nitrogen and oxygen atoms in total. The normalized spacial score (nSPS) is 11.7. The van der Waals surface area contributed by atoms with E-state index >= 15 is 4.39 Å². The molecule has 2 aromatic heterocycles. The minimum absolute atomic E-state index is 0.0108. The van der Waals surface area contributed by atoms with Crippen LogP contribution in [-0.2, 0) is 24.6 Å². The van der Waals surface area contributed by atoms with Gasteiger partial charge in [0.15, 0.2) is 5.82 Å². The number of aliphatic carboxylic acids is 1. The summed E-state index contributed by atoms with van der Waals surface area (Å²) in [5.74, 6) is -1.47. The average molecular weight is 763 g/mol. The smallest absolute Gasteiger partial charge is 0.346 e. The highest BCUT2D eigenvalue weighted by atomic mass is 35.5. The second kappa shape index (κ2) is 17.6. The van der Waals surface area contributed by atoms with Crippen molar-refractivity contribution >= 4 is 34.4 Å². The van der Waals surface area contributed by atoms with Gasteiger partial charge in [0.2, 0.25) is 0 Å². The Morgan fingerprint density at radius 1 is 0.944 bits per heavy atom. The maximum absolute atomic E-state index is 15.9. The van der Waals surface area contributed by atoms with Crippen molar-refractivity contribution in [1.29, 1.82) is 0 Å². The Labute approximate surface area is 310 Å². The largest absolute Gasteiger partial charge is 0.494 e. The van der Waals surface area contributed by atoms with E-state index < -0.39 is 35.9 Å². The van der Waals surface area contributed by atoms with E-state index in [1.807, 2.05) is 0 Å². The van der Waals surface area contributed by atoms with Gasteiger partial charge in [0.25, 0.3) is 0 Å². The number of aliphatic hydroxyl groups excluding tert-OH is 1. The van der Waals surface area contributed by atoms with Crippen molar-refractivity contribution in [2.45, 2.75) is 32.2 Å². The minimum Gasteiger partial charge on any atom is -0.494 e. The van der Waals surface area contributed by atoms with Gasteiger partial charge >= 0.3 is 11.7 Å². The Morgan fingerprint density at radius 3 is 2.59 bits per heavy atom. The molecule has 0 bridgehead atoms. The van der Waals surface area contributed by atoms with Gasteiger partial charge in [-0.3, -0.25) is 15.1 Å². The predicted molar refractivity (Wildman–Crippen MR) is 193 cm³/mol. The van der Waals surface area contributed by atoms with Crippen LogP contribution < -0.4 is 30.5 Å². The van der Waals surface area contributed by atoms with Crippen LogP contribution in [0.3, 0.4) is 0 Å². The highest BCUT2D eigenvalue weighted by molar-refractivity contribution is 6.32.